The van der Waals surface area contributed by atoms with E-state index in [1.165, 1.54) is 14.7 Å². The fourth-order valence-electron chi connectivity index (χ4n) is 1.50. The van der Waals surface area contributed by atoms with E-state index in [1.54, 1.807) is 0 Å². The highest BCUT2D eigenvalue weighted by molar-refractivity contribution is 14.1. The topological polar surface area (TPSA) is 0 Å². The molecule has 1 heteroatoms. The molecule has 0 amide bonds. The molecule has 0 atom stereocenters. The van der Waals surface area contributed by atoms with Gasteiger partial charge in [0.15, 0.2) is 0 Å². The maximum absolute atomic E-state index is 2.35. The molecule has 0 aliphatic heterocycles. The largest absolute Gasteiger partial charge is 0.0622 e. The summed E-state index contributed by atoms with van der Waals surface area (Å²) in [5.41, 5.74) is 2.48. The maximum Gasteiger partial charge on any atom is 0.0202 e. The van der Waals surface area contributed by atoms with E-state index in [4.69, 9.17) is 0 Å². The molecule has 0 radical (unpaired) electrons. The normalized spacial score (nSPS) is 11.4. The zero-order valence-corrected chi connectivity index (χ0v) is 11.5. The van der Waals surface area contributed by atoms with E-state index in [1.807, 2.05) is 18.2 Å². The lowest BCUT2D eigenvalue weighted by Gasteiger charge is -1.95. The smallest absolute Gasteiger partial charge is 0.0202 e. The van der Waals surface area contributed by atoms with Crippen molar-refractivity contribution in [2.24, 2.45) is 0 Å². The van der Waals surface area contributed by atoms with Crippen molar-refractivity contribution in [1.82, 2.24) is 0 Å². The van der Waals surface area contributed by atoms with E-state index in [0.29, 0.717) is 0 Å². The molecule has 0 aliphatic rings. The first kappa shape index (κ1) is 12.1. The number of hydrogen-bond acceptors (Lipinski definition) is 0. The fraction of sp³-hybridized carbons (Fsp3) is 0. The van der Waals surface area contributed by atoms with Gasteiger partial charge in [-0.3, -0.25) is 0 Å². The molecule has 2 aromatic carbocycles. The van der Waals surface area contributed by atoms with E-state index in [9.17, 15) is 0 Å². The van der Waals surface area contributed by atoms with E-state index in [0.717, 1.165) is 0 Å². The highest BCUT2D eigenvalue weighted by Crippen LogP contribution is 2.13. The Balaban J connectivity index is 2.04. The van der Waals surface area contributed by atoms with Crippen LogP contribution in [0, 0.1) is 3.57 Å². The molecule has 2 rings (SSSR count). The second-order valence-corrected chi connectivity index (χ2v) is 4.81. The van der Waals surface area contributed by atoms with Gasteiger partial charge in [-0.05, 0) is 39.8 Å². The van der Waals surface area contributed by atoms with Crippen LogP contribution in [0.25, 0.3) is 12.2 Å². The minimum Gasteiger partial charge on any atom is -0.0622 e. The standard InChI is InChI=1S/C16H13I/c17-16-13-7-6-12-15(16)11-5-4-10-14-8-2-1-3-9-14/h1-13H/b10-4+,11-5+. The molecule has 0 aromatic heterocycles. The Labute approximate surface area is 116 Å². The second-order valence-electron chi connectivity index (χ2n) is 3.65. The molecule has 0 aliphatic carbocycles. The van der Waals surface area contributed by atoms with Crippen LogP contribution < -0.4 is 0 Å². The monoisotopic (exact) mass is 332 g/mol. The molecule has 0 N–H and O–H groups in total. The SMILES string of the molecule is Ic1ccccc1/C=C/C=C/c1ccccc1. The first-order valence-electron chi connectivity index (χ1n) is 5.50. The van der Waals surface area contributed by atoms with Crippen molar-refractivity contribution in [2.45, 2.75) is 0 Å². The lowest BCUT2D eigenvalue weighted by atomic mass is 10.2. The van der Waals surface area contributed by atoms with Gasteiger partial charge in [-0.15, -0.1) is 0 Å². The summed E-state index contributed by atoms with van der Waals surface area (Å²) in [6, 6.07) is 18.7. The van der Waals surface area contributed by atoms with Gasteiger partial charge < -0.3 is 0 Å². The highest BCUT2D eigenvalue weighted by atomic mass is 127. The van der Waals surface area contributed by atoms with Gasteiger partial charge in [-0.25, -0.2) is 0 Å². The third kappa shape index (κ3) is 3.86. The van der Waals surface area contributed by atoms with Gasteiger partial charge in [0.25, 0.3) is 0 Å². The van der Waals surface area contributed by atoms with Crippen LogP contribution in [0.3, 0.4) is 0 Å². The fourth-order valence-corrected chi connectivity index (χ4v) is 2.07. The predicted octanol–water partition coefficient (Wildman–Crippen LogP) is 5.02. The molecular weight excluding hydrogens is 319 g/mol. The van der Waals surface area contributed by atoms with Crippen molar-refractivity contribution >= 4 is 34.7 Å². The van der Waals surface area contributed by atoms with Gasteiger partial charge in [-0.1, -0.05) is 72.8 Å². The van der Waals surface area contributed by atoms with Crippen molar-refractivity contribution in [3.63, 3.8) is 0 Å². The summed E-state index contributed by atoms with van der Waals surface area (Å²) < 4.78 is 1.27. The molecule has 0 saturated heterocycles. The quantitative estimate of drug-likeness (QED) is 0.547. The van der Waals surface area contributed by atoms with Crippen molar-refractivity contribution in [2.75, 3.05) is 0 Å². The summed E-state index contributed by atoms with van der Waals surface area (Å²) in [6.07, 6.45) is 8.37. The number of halogens is 1. The van der Waals surface area contributed by atoms with Crippen LogP contribution in [0.4, 0.5) is 0 Å². The van der Waals surface area contributed by atoms with Gasteiger partial charge in [0.2, 0.25) is 0 Å². The molecule has 0 heterocycles. The Morgan fingerprint density at radius 3 is 2.12 bits per heavy atom. The minimum absolute atomic E-state index is 1.22. The highest BCUT2D eigenvalue weighted by Gasteiger charge is 1.90. The summed E-state index contributed by atoms with van der Waals surface area (Å²) in [5, 5.41) is 0. The Hall–Kier alpha value is -1.35. The molecule has 0 nitrogen and oxygen atoms in total. The van der Waals surface area contributed by atoms with Crippen molar-refractivity contribution < 1.29 is 0 Å². The van der Waals surface area contributed by atoms with Gasteiger partial charge >= 0.3 is 0 Å². The lowest BCUT2D eigenvalue weighted by Crippen LogP contribution is -1.76. The van der Waals surface area contributed by atoms with Gasteiger partial charge in [0.05, 0.1) is 0 Å². The number of rotatable bonds is 3. The van der Waals surface area contributed by atoms with Crippen LogP contribution in [0.2, 0.25) is 0 Å². The second kappa shape index (κ2) is 6.40. The molecule has 0 spiro atoms. The third-order valence-electron chi connectivity index (χ3n) is 2.38. The van der Waals surface area contributed by atoms with Crippen LogP contribution in [-0.2, 0) is 0 Å². The van der Waals surface area contributed by atoms with Crippen molar-refractivity contribution in [3.8, 4) is 0 Å². The molecular formula is C16H13I. The molecule has 2 aromatic rings. The maximum atomic E-state index is 2.35. The predicted molar refractivity (Wildman–Crippen MR) is 83.7 cm³/mol. The van der Waals surface area contributed by atoms with Gasteiger partial charge in [0, 0.05) is 3.57 Å². The summed E-state index contributed by atoms with van der Waals surface area (Å²) in [4.78, 5) is 0. The van der Waals surface area contributed by atoms with E-state index in [-0.39, 0.29) is 0 Å². The Kier molecular flexibility index (Phi) is 4.56. The van der Waals surface area contributed by atoms with Gasteiger partial charge in [0.1, 0.15) is 0 Å². The van der Waals surface area contributed by atoms with Crippen LogP contribution in [0.5, 0.6) is 0 Å². The Bertz CT molecular complexity index is 524. The average Bonchev–Trinajstić information content (AvgIpc) is 2.38. The first-order valence-corrected chi connectivity index (χ1v) is 6.58. The number of hydrogen-bond donors (Lipinski definition) is 0. The Morgan fingerprint density at radius 2 is 1.35 bits per heavy atom. The summed E-state index contributed by atoms with van der Waals surface area (Å²) in [7, 11) is 0. The molecule has 0 unspecified atom stereocenters. The molecule has 0 fully saturated rings. The van der Waals surface area contributed by atoms with Crippen LogP contribution >= 0.6 is 22.6 Å². The minimum atomic E-state index is 1.22. The van der Waals surface area contributed by atoms with E-state index < -0.39 is 0 Å². The average molecular weight is 332 g/mol. The van der Waals surface area contributed by atoms with Crippen LogP contribution in [-0.4, -0.2) is 0 Å². The van der Waals surface area contributed by atoms with E-state index in [2.05, 4.69) is 83.3 Å². The zero-order valence-electron chi connectivity index (χ0n) is 9.38. The molecule has 17 heavy (non-hydrogen) atoms. The van der Waals surface area contributed by atoms with Gasteiger partial charge in [-0.2, -0.15) is 0 Å². The van der Waals surface area contributed by atoms with Crippen LogP contribution in [0.1, 0.15) is 11.1 Å². The number of allylic oxidation sites excluding steroid dienone is 2. The Morgan fingerprint density at radius 1 is 0.706 bits per heavy atom. The zero-order chi connectivity index (χ0) is 11.9. The summed E-state index contributed by atoms with van der Waals surface area (Å²) >= 11 is 2.35. The van der Waals surface area contributed by atoms with E-state index >= 15 is 0 Å². The first-order chi connectivity index (χ1) is 8.36. The third-order valence-corrected chi connectivity index (χ3v) is 3.36. The lowest BCUT2D eigenvalue weighted by molar-refractivity contribution is 1.60. The molecule has 84 valence electrons. The van der Waals surface area contributed by atoms with Crippen molar-refractivity contribution in [3.05, 3.63) is 81.4 Å². The number of benzene rings is 2. The summed E-state index contributed by atoms with van der Waals surface area (Å²) in [5.74, 6) is 0. The molecule has 0 bridgehead atoms. The van der Waals surface area contributed by atoms with Crippen LogP contribution in [0.15, 0.2) is 66.7 Å². The summed E-state index contributed by atoms with van der Waals surface area (Å²) in [6.45, 7) is 0. The van der Waals surface area contributed by atoms with Crippen molar-refractivity contribution in [1.29, 1.82) is 0 Å². The molecule has 0 saturated carbocycles.